The van der Waals surface area contributed by atoms with Crippen molar-refractivity contribution >= 4 is 30.7 Å². The average Bonchev–Trinajstić information content (AvgIpc) is 2.89. The van der Waals surface area contributed by atoms with Crippen molar-refractivity contribution in [2.24, 2.45) is 0 Å². The zero-order valence-corrected chi connectivity index (χ0v) is 17.9. The van der Waals surface area contributed by atoms with E-state index < -0.39 is 11.7 Å². The molecular weight excluding hydrogens is 430 g/mol. The predicted octanol–water partition coefficient (Wildman–Crippen LogP) is 3.11. The summed E-state index contributed by atoms with van der Waals surface area (Å²) in [5, 5.41) is 7.63. The topological polar surface area (TPSA) is 63.1 Å². The number of aromatic nitrogens is 3. The van der Waals surface area contributed by atoms with Crippen LogP contribution in [0.3, 0.4) is 0 Å². The Morgan fingerprint density at radius 3 is 2.52 bits per heavy atom. The summed E-state index contributed by atoms with van der Waals surface area (Å²) in [5.74, 6) is 0.313. The zero-order chi connectivity index (χ0) is 19.8. The number of carbonyl (C=O) groups excluding carboxylic acids is 1. The number of piperazine rings is 1. The van der Waals surface area contributed by atoms with Crippen molar-refractivity contribution in [1.29, 1.82) is 0 Å². The molecular formula is C18H24Cl2F3N5O. The first-order chi connectivity index (χ1) is 12.7. The Balaban J connectivity index is 0.00000210. The average molecular weight is 454 g/mol. The summed E-state index contributed by atoms with van der Waals surface area (Å²) in [6, 6.07) is 2.39. The van der Waals surface area contributed by atoms with Gasteiger partial charge < -0.3 is 10.2 Å². The molecule has 0 aromatic carbocycles. The number of rotatable bonds is 3. The van der Waals surface area contributed by atoms with Crippen LogP contribution in [0, 0.1) is 13.8 Å². The van der Waals surface area contributed by atoms with Crippen molar-refractivity contribution in [3.63, 3.8) is 0 Å². The number of nitrogens with zero attached hydrogens (tertiary/aromatic N) is 4. The molecule has 11 heteroatoms. The van der Waals surface area contributed by atoms with Gasteiger partial charge in [0.1, 0.15) is 0 Å². The molecule has 0 radical (unpaired) electrons. The third-order valence-corrected chi connectivity index (χ3v) is 4.88. The van der Waals surface area contributed by atoms with E-state index in [1.54, 1.807) is 13.8 Å². The maximum atomic E-state index is 12.7. The van der Waals surface area contributed by atoms with Gasteiger partial charge in [-0.15, -0.1) is 24.8 Å². The van der Waals surface area contributed by atoms with E-state index in [1.165, 1.54) is 10.7 Å². The molecule has 29 heavy (non-hydrogen) atoms. The van der Waals surface area contributed by atoms with Crippen LogP contribution < -0.4 is 5.32 Å². The maximum Gasteiger partial charge on any atom is 0.417 e. The second kappa shape index (κ2) is 9.77. The normalized spacial score (nSPS) is 16.8. The standard InChI is InChI=1S/C18H22F3N5O.2ClH/c1-11-9-22-6-7-25(11)17(27)8-15-12(2)24-26(13(15)3)16-5-4-14(10-23-16)18(19,20)21;;/h4-5,10-11,22H,6-9H2,1-3H3;2*1H/t11-;;/m1../s1. The van der Waals surface area contributed by atoms with Gasteiger partial charge in [-0.2, -0.15) is 18.3 Å². The van der Waals surface area contributed by atoms with Crippen LogP contribution in [0.2, 0.25) is 0 Å². The van der Waals surface area contributed by atoms with Gasteiger partial charge in [0.2, 0.25) is 5.91 Å². The van der Waals surface area contributed by atoms with Crippen molar-refractivity contribution in [2.45, 2.75) is 39.4 Å². The van der Waals surface area contributed by atoms with Gasteiger partial charge >= 0.3 is 6.18 Å². The number of halogens is 5. The van der Waals surface area contributed by atoms with Gasteiger partial charge in [-0.25, -0.2) is 9.67 Å². The number of hydrogen-bond donors (Lipinski definition) is 1. The molecule has 1 aliphatic rings. The summed E-state index contributed by atoms with van der Waals surface area (Å²) in [6.07, 6.45) is -3.43. The highest BCUT2D eigenvalue weighted by molar-refractivity contribution is 5.85. The molecule has 162 valence electrons. The lowest BCUT2D eigenvalue weighted by Crippen LogP contribution is -2.52. The molecule has 0 unspecified atom stereocenters. The van der Waals surface area contributed by atoms with Crippen LogP contribution >= 0.6 is 24.8 Å². The Labute approximate surface area is 179 Å². The summed E-state index contributed by atoms with van der Waals surface area (Å²) >= 11 is 0. The predicted molar refractivity (Wildman–Crippen MR) is 108 cm³/mol. The highest BCUT2D eigenvalue weighted by Gasteiger charge is 2.31. The fourth-order valence-electron chi connectivity index (χ4n) is 3.30. The Kier molecular flexibility index (Phi) is 8.49. The van der Waals surface area contributed by atoms with E-state index in [2.05, 4.69) is 15.4 Å². The van der Waals surface area contributed by atoms with Crippen molar-refractivity contribution < 1.29 is 18.0 Å². The first kappa shape index (κ1) is 25.2. The first-order valence-corrected chi connectivity index (χ1v) is 8.77. The minimum Gasteiger partial charge on any atom is -0.337 e. The first-order valence-electron chi connectivity index (χ1n) is 8.77. The molecule has 2 aromatic heterocycles. The number of hydrogen-bond acceptors (Lipinski definition) is 4. The van der Waals surface area contributed by atoms with E-state index in [4.69, 9.17) is 0 Å². The fraction of sp³-hybridized carbons (Fsp3) is 0.500. The number of pyridine rings is 1. The second-order valence-electron chi connectivity index (χ2n) is 6.78. The molecule has 1 amide bonds. The molecule has 3 heterocycles. The lowest BCUT2D eigenvalue weighted by Gasteiger charge is -2.34. The number of aryl methyl sites for hydroxylation is 1. The quantitative estimate of drug-likeness (QED) is 0.775. The molecule has 1 fully saturated rings. The van der Waals surface area contributed by atoms with Gasteiger partial charge in [-0.3, -0.25) is 4.79 Å². The molecule has 0 saturated carbocycles. The Morgan fingerprint density at radius 2 is 1.97 bits per heavy atom. The molecule has 1 atom stereocenters. The number of alkyl halides is 3. The van der Waals surface area contributed by atoms with E-state index in [1.807, 2.05) is 11.8 Å². The van der Waals surface area contributed by atoms with E-state index in [-0.39, 0.29) is 49.0 Å². The third-order valence-electron chi connectivity index (χ3n) is 4.88. The highest BCUT2D eigenvalue weighted by atomic mass is 35.5. The summed E-state index contributed by atoms with van der Waals surface area (Å²) < 4.78 is 39.6. The van der Waals surface area contributed by atoms with E-state index >= 15 is 0 Å². The van der Waals surface area contributed by atoms with E-state index in [0.29, 0.717) is 17.9 Å². The minimum absolute atomic E-state index is 0. The van der Waals surface area contributed by atoms with Gasteiger partial charge in [0.25, 0.3) is 0 Å². The van der Waals surface area contributed by atoms with Crippen LogP contribution in [0.5, 0.6) is 0 Å². The minimum atomic E-state index is -4.43. The fourth-order valence-corrected chi connectivity index (χ4v) is 3.30. The van der Waals surface area contributed by atoms with Crippen LogP contribution in [0.4, 0.5) is 13.2 Å². The van der Waals surface area contributed by atoms with Crippen molar-refractivity contribution in [3.8, 4) is 5.82 Å². The second-order valence-corrected chi connectivity index (χ2v) is 6.78. The van der Waals surface area contributed by atoms with Crippen LogP contribution in [-0.2, 0) is 17.4 Å². The van der Waals surface area contributed by atoms with Crippen LogP contribution in [-0.4, -0.2) is 51.2 Å². The van der Waals surface area contributed by atoms with Crippen molar-refractivity contribution in [3.05, 3.63) is 40.8 Å². The SMILES string of the molecule is Cc1nn(-c2ccc(C(F)(F)F)cn2)c(C)c1CC(=O)N1CCNC[C@H]1C.Cl.Cl. The number of nitrogens with one attached hydrogen (secondary N) is 1. The summed E-state index contributed by atoms with van der Waals surface area (Å²) in [4.78, 5) is 18.4. The maximum absolute atomic E-state index is 12.7. The van der Waals surface area contributed by atoms with E-state index in [9.17, 15) is 18.0 Å². The monoisotopic (exact) mass is 453 g/mol. The molecule has 3 rings (SSSR count). The summed E-state index contributed by atoms with van der Waals surface area (Å²) in [6.45, 7) is 7.77. The Hall–Kier alpha value is -1.84. The summed E-state index contributed by atoms with van der Waals surface area (Å²) in [5.41, 5.74) is 1.35. The number of amides is 1. The van der Waals surface area contributed by atoms with Crippen LogP contribution in [0.15, 0.2) is 18.3 Å². The molecule has 0 aliphatic carbocycles. The Bertz CT molecular complexity index is 839. The molecule has 0 spiro atoms. The molecule has 1 aliphatic heterocycles. The molecule has 1 N–H and O–H groups in total. The molecule has 0 bridgehead atoms. The lowest BCUT2D eigenvalue weighted by atomic mass is 10.1. The van der Waals surface area contributed by atoms with Crippen LogP contribution in [0.25, 0.3) is 5.82 Å². The smallest absolute Gasteiger partial charge is 0.337 e. The van der Waals surface area contributed by atoms with Gasteiger partial charge in [0, 0.05) is 43.1 Å². The Morgan fingerprint density at radius 1 is 1.28 bits per heavy atom. The highest BCUT2D eigenvalue weighted by Crippen LogP contribution is 2.29. The van der Waals surface area contributed by atoms with Crippen molar-refractivity contribution in [2.75, 3.05) is 19.6 Å². The number of carbonyl (C=O) groups is 1. The van der Waals surface area contributed by atoms with Gasteiger partial charge in [-0.05, 0) is 32.9 Å². The summed E-state index contributed by atoms with van der Waals surface area (Å²) in [7, 11) is 0. The van der Waals surface area contributed by atoms with Gasteiger partial charge in [0.05, 0.1) is 17.7 Å². The molecule has 2 aromatic rings. The third kappa shape index (κ3) is 5.40. The largest absolute Gasteiger partial charge is 0.417 e. The van der Waals surface area contributed by atoms with Crippen LogP contribution in [0.1, 0.15) is 29.4 Å². The zero-order valence-electron chi connectivity index (χ0n) is 16.3. The molecule has 1 saturated heterocycles. The van der Waals surface area contributed by atoms with Crippen molar-refractivity contribution in [1.82, 2.24) is 25.0 Å². The van der Waals surface area contributed by atoms with Gasteiger partial charge in [-0.1, -0.05) is 0 Å². The van der Waals surface area contributed by atoms with Gasteiger partial charge in [0.15, 0.2) is 5.82 Å². The molecule has 6 nitrogen and oxygen atoms in total. The van der Waals surface area contributed by atoms with E-state index in [0.717, 1.165) is 30.9 Å². The lowest BCUT2D eigenvalue weighted by molar-refractivity contribution is -0.138.